The molecule has 0 saturated carbocycles. The zero-order valence-electron chi connectivity index (χ0n) is 17.5. The Morgan fingerprint density at radius 1 is 1.16 bits per heavy atom. The number of allylic oxidation sites excluding steroid dienone is 1. The van der Waals surface area contributed by atoms with E-state index in [4.69, 9.17) is 21.4 Å². The van der Waals surface area contributed by atoms with Gasteiger partial charge in [0.1, 0.15) is 0 Å². The van der Waals surface area contributed by atoms with Crippen LogP contribution in [0, 0.1) is 0 Å². The highest BCUT2D eigenvalue weighted by Crippen LogP contribution is 2.34. The van der Waals surface area contributed by atoms with E-state index in [0.29, 0.717) is 34.7 Å². The number of rotatable bonds is 5. The van der Waals surface area contributed by atoms with E-state index in [9.17, 15) is 4.79 Å². The third-order valence-electron chi connectivity index (χ3n) is 5.42. The Morgan fingerprint density at radius 2 is 1.91 bits per heavy atom. The van der Waals surface area contributed by atoms with Gasteiger partial charge in [-0.2, -0.15) is 10.1 Å². The Hall–Kier alpha value is -2.39. The van der Waals surface area contributed by atoms with Crippen LogP contribution in [0.15, 0.2) is 69.8 Å². The highest BCUT2D eigenvalue weighted by molar-refractivity contribution is 8.00. The third kappa shape index (κ3) is 4.28. The molecule has 32 heavy (non-hydrogen) atoms. The molecule has 0 N–H and O–H groups in total. The smallest absolute Gasteiger partial charge is 0.284 e. The van der Waals surface area contributed by atoms with E-state index in [0.717, 1.165) is 39.6 Å². The molecule has 2 aromatic carbocycles. The minimum absolute atomic E-state index is 0.125. The fourth-order valence-corrected chi connectivity index (χ4v) is 5.61. The van der Waals surface area contributed by atoms with Crippen LogP contribution in [-0.2, 0) is 9.53 Å². The second kappa shape index (κ2) is 9.23. The number of thioether (sulfide) groups is 1. The predicted molar refractivity (Wildman–Crippen MR) is 132 cm³/mol. The number of ether oxygens (including phenoxy) is 1. The molecule has 0 spiro atoms. The van der Waals surface area contributed by atoms with Gasteiger partial charge in [0.25, 0.3) is 5.91 Å². The molecule has 3 aromatic rings. The monoisotopic (exact) mass is 484 g/mol. The fraction of sp³-hybridized carbons (Fsp3) is 0.261. The summed E-state index contributed by atoms with van der Waals surface area (Å²) in [6, 6.07) is 15.6. The number of carbonyl (C=O) groups is 1. The van der Waals surface area contributed by atoms with Crippen LogP contribution in [0.1, 0.15) is 6.92 Å². The summed E-state index contributed by atoms with van der Waals surface area (Å²) in [6.45, 7) is 4.85. The summed E-state index contributed by atoms with van der Waals surface area (Å²) in [5, 5.41) is 7.51. The van der Waals surface area contributed by atoms with Crippen LogP contribution in [0.5, 0.6) is 0 Å². The molecule has 0 atom stereocenters. The zero-order chi connectivity index (χ0) is 22.1. The van der Waals surface area contributed by atoms with Crippen molar-refractivity contribution in [3.63, 3.8) is 0 Å². The lowest BCUT2D eigenvalue weighted by molar-refractivity contribution is -0.114. The standard InChI is InChI=1S/C23H21ClN4O2S2/c1-15(27-10-12-30-13-11-27)21-19(14-31-17-8-6-16(24)7-9-17)26-28(22(21)29)23-25-18-4-2-3-5-20(18)32-23/h2-9H,10-14H2,1H3. The highest BCUT2D eigenvalue weighted by Gasteiger charge is 2.36. The van der Waals surface area contributed by atoms with Gasteiger partial charge in [-0.15, -0.1) is 11.8 Å². The van der Waals surface area contributed by atoms with Crippen molar-refractivity contribution in [3.8, 4) is 0 Å². The molecule has 0 bridgehead atoms. The number of para-hydroxylation sites is 1. The lowest BCUT2D eigenvalue weighted by atomic mass is 10.1. The van der Waals surface area contributed by atoms with Crippen LogP contribution < -0.4 is 5.01 Å². The number of hydrazone groups is 1. The van der Waals surface area contributed by atoms with Crippen LogP contribution in [0.4, 0.5) is 5.13 Å². The minimum Gasteiger partial charge on any atom is -0.378 e. The van der Waals surface area contributed by atoms with Gasteiger partial charge in [0.2, 0.25) is 5.13 Å². The van der Waals surface area contributed by atoms with Gasteiger partial charge in [0, 0.05) is 34.5 Å². The van der Waals surface area contributed by atoms with Crippen molar-refractivity contribution in [3.05, 3.63) is 64.8 Å². The fourth-order valence-electron chi connectivity index (χ4n) is 3.73. The van der Waals surface area contributed by atoms with Crippen LogP contribution >= 0.6 is 34.7 Å². The quantitative estimate of drug-likeness (QED) is 0.374. The average molecular weight is 485 g/mol. The van der Waals surface area contributed by atoms with Crippen molar-refractivity contribution in [2.75, 3.05) is 37.1 Å². The molecule has 3 heterocycles. The first-order valence-electron chi connectivity index (χ1n) is 10.3. The number of halogens is 1. The van der Waals surface area contributed by atoms with E-state index in [1.54, 1.807) is 11.8 Å². The second-order valence-electron chi connectivity index (χ2n) is 7.43. The maximum Gasteiger partial charge on any atom is 0.284 e. The molecule has 0 unspecified atom stereocenters. The molecule has 9 heteroatoms. The van der Waals surface area contributed by atoms with Gasteiger partial charge in [-0.05, 0) is 43.3 Å². The molecule has 164 valence electrons. The molecule has 5 rings (SSSR count). The molecule has 6 nitrogen and oxygen atoms in total. The number of nitrogens with zero attached hydrogens (tertiary/aromatic N) is 4. The Bertz CT molecular complexity index is 1180. The van der Waals surface area contributed by atoms with Gasteiger partial charge in [-0.25, -0.2) is 4.98 Å². The van der Waals surface area contributed by atoms with Crippen molar-refractivity contribution in [1.82, 2.24) is 9.88 Å². The van der Waals surface area contributed by atoms with Gasteiger partial charge in [0.15, 0.2) is 0 Å². The maximum absolute atomic E-state index is 13.6. The summed E-state index contributed by atoms with van der Waals surface area (Å²) in [7, 11) is 0. The molecule has 0 radical (unpaired) electrons. The first kappa shape index (κ1) is 21.5. The van der Waals surface area contributed by atoms with Crippen LogP contribution in [-0.4, -0.2) is 53.6 Å². The topological polar surface area (TPSA) is 58.0 Å². The Kier molecular flexibility index (Phi) is 6.19. The Labute approximate surface area is 199 Å². The van der Waals surface area contributed by atoms with Gasteiger partial charge in [0.05, 0.1) is 34.7 Å². The van der Waals surface area contributed by atoms with Crippen molar-refractivity contribution in [2.45, 2.75) is 11.8 Å². The minimum atomic E-state index is -0.125. The van der Waals surface area contributed by atoms with Crippen LogP contribution in [0.3, 0.4) is 0 Å². The normalized spacial score (nSPS) is 18.4. The summed E-state index contributed by atoms with van der Waals surface area (Å²) < 4.78 is 6.52. The van der Waals surface area contributed by atoms with Crippen molar-refractivity contribution in [1.29, 1.82) is 0 Å². The number of anilines is 1. The SMILES string of the molecule is CC(=C1C(=O)N(c2nc3ccccc3s2)N=C1CSc1ccc(Cl)cc1)N1CCOCC1. The molecule has 1 amide bonds. The van der Waals surface area contributed by atoms with E-state index in [1.165, 1.54) is 16.3 Å². The number of fused-ring (bicyclic) bond motifs is 1. The average Bonchev–Trinajstić information content (AvgIpc) is 3.39. The van der Waals surface area contributed by atoms with E-state index < -0.39 is 0 Å². The molecular formula is C23H21ClN4O2S2. The van der Waals surface area contributed by atoms with E-state index >= 15 is 0 Å². The lowest BCUT2D eigenvalue weighted by Crippen LogP contribution is -2.37. The largest absolute Gasteiger partial charge is 0.378 e. The highest BCUT2D eigenvalue weighted by atomic mass is 35.5. The Balaban J connectivity index is 1.49. The van der Waals surface area contributed by atoms with E-state index in [2.05, 4.69) is 9.88 Å². The summed E-state index contributed by atoms with van der Waals surface area (Å²) in [5.41, 5.74) is 3.23. The molecule has 1 saturated heterocycles. The lowest BCUT2D eigenvalue weighted by Gasteiger charge is -2.30. The number of hydrogen-bond acceptors (Lipinski definition) is 7. The van der Waals surface area contributed by atoms with Gasteiger partial charge in [-0.1, -0.05) is 35.1 Å². The predicted octanol–water partition coefficient (Wildman–Crippen LogP) is 5.05. The number of thiazole rings is 1. The second-order valence-corrected chi connectivity index (χ2v) is 9.92. The van der Waals surface area contributed by atoms with Crippen molar-refractivity contribution >= 4 is 61.7 Å². The van der Waals surface area contributed by atoms with Gasteiger partial charge in [-0.3, -0.25) is 4.79 Å². The number of hydrogen-bond donors (Lipinski definition) is 0. The number of morpholine rings is 1. The number of benzene rings is 2. The number of carbonyl (C=O) groups excluding carboxylic acids is 1. The van der Waals surface area contributed by atoms with Crippen molar-refractivity contribution < 1.29 is 9.53 Å². The zero-order valence-corrected chi connectivity index (χ0v) is 19.8. The van der Waals surface area contributed by atoms with Gasteiger partial charge < -0.3 is 9.64 Å². The molecule has 0 aliphatic carbocycles. The van der Waals surface area contributed by atoms with E-state index in [-0.39, 0.29) is 5.91 Å². The molecular weight excluding hydrogens is 464 g/mol. The first-order valence-corrected chi connectivity index (χ1v) is 12.5. The molecule has 2 aliphatic rings. The number of amides is 1. The van der Waals surface area contributed by atoms with Crippen molar-refractivity contribution in [2.24, 2.45) is 5.10 Å². The third-order valence-corrected chi connectivity index (χ3v) is 7.70. The molecule has 1 aromatic heterocycles. The molecule has 1 fully saturated rings. The van der Waals surface area contributed by atoms with Crippen LogP contribution in [0.25, 0.3) is 10.2 Å². The Morgan fingerprint density at radius 3 is 2.66 bits per heavy atom. The van der Waals surface area contributed by atoms with Crippen LogP contribution in [0.2, 0.25) is 5.02 Å². The summed E-state index contributed by atoms with van der Waals surface area (Å²) >= 11 is 9.13. The summed E-state index contributed by atoms with van der Waals surface area (Å²) in [5.74, 6) is 0.450. The summed E-state index contributed by atoms with van der Waals surface area (Å²) in [6.07, 6.45) is 0. The first-order chi connectivity index (χ1) is 15.6. The van der Waals surface area contributed by atoms with E-state index in [1.807, 2.05) is 55.5 Å². The van der Waals surface area contributed by atoms with Gasteiger partial charge >= 0.3 is 0 Å². The maximum atomic E-state index is 13.6. The summed E-state index contributed by atoms with van der Waals surface area (Å²) in [4.78, 5) is 21.5. The molecule has 2 aliphatic heterocycles. The number of aromatic nitrogens is 1.